The highest BCUT2D eigenvalue weighted by Gasteiger charge is 2.22. The summed E-state index contributed by atoms with van der Waals surface area (Å²) in [6.07, 6.45) is 9.34. The highest BCUT2D eigenvalue weighted by Crippen LogP contribution is 2.23. The third-order valence-corrected chi connectivity index (χ3v) is 7.43. The number of hydrogen-bond donors (Lipinski definition) is 0. The molecule has 3 aromatic rings. The van der Waals surface area contributed by atoms with Gasteiger partial charge in [0.05, 0.1) is 4.90 Å². The number of ether oxygens (including phenoxy) is 1. The molecular formula is C25H30N4O4S. The first kappa shape index (κ1) is 23.9. The first-order chi connectivity index (χ1) is 16.2. The lowest BCUT2D eigenvalue weighted by Crippen LogP contribution is -2.39. The molecule has 1 aromatic carbocycles. The lowest BCUT2D eigenvalue weighted by atomic mass is 10.0. The van der Waals surface area contributed by atoms with Crippen LogP contribution in [0.1, 0.15) is 44.6 Å². The fourth-order valence-corrected chi connectivity index (χ4v) is 4.58. The molecule has 8 nitrogen and oxygen atoms in total. The van der Waals surface area contributed by atoms with E-state index >= 15 is 0 Å². The molecule has 4 rings (SSSR count). The first-order valence-corrected chi connectivity index (χ1v) is 13.4. The molecule has 180 valence electrons. The van der Waals surface area contributed by atoms with Crippen molar-refractivity contribution in [1.29, 1.82) is 0 Å². The summed E-state index contributed by atoms with van der Waals surface area (Å²) in [5.74, 6) is 1.73. The molecule has 1 unspecified atom stereocenters. The number of piperidine rings is 1. The van der Waals surface area contributed by atoms with E-state index in [4.69, 9.17) is 4.74 Å². The SMILES string of the molecule is CCC(C)c1cnc(N2CCC(Oc3ccn(-c4ccc(S(C)(=O)=O)cc4)c(=O)c3)CC2)nc1. The summed E-state index contributed by atoms with van der Waals surface area (Å²) in [6, 6.07) is 9.45. The van der Waals surface area contributed by atoms with Gasteiger partial charge in [0, 0.05) is 62.5 Å². The van der Waals surface area contributed by atoms with E-state index < -0.39 is 9.84 Å². The van der Waals surface area contributed by atoms with E-state index in [2.05, 4.69) is 28.7 Å². The molecule has 1 atom stereocenters. The number of hydrogen-bond acceptors (Lipinski definition) is 7. The molecule has 2 aromatic heterocycles. The second-order valence-corrected chi connectivity index (χ2v) is 10.8. The summed E-state index contributed by atoms with van der Waals surface area (Å²) in [7, 11) is -3.28. The van der Waals surface area contributed by atoms with E-state index in [1.807, 2.05) is 12.4 Å². The van der Waals surface area contributed by atoms with Gasteiger partial charge in [-0.15, -0.1) is 0 Å². The number of anilines is 1. The summed E-state index contributed by atoms with van der Waals surface area (Å²) in [5.41, 5.74) is 1.51. The van der Waals surface area contributed by atoms with Gasteiger partial charge >= 0.3 is 0 Å². The minimum atomic E-state index is -3.28. The van der Waals surface area contributed by atoms with Crippen molar-refractivity contribution in [1.82, 2.24) is 14.5 Å². The van der Waals surface area contributed by atoms with Crippen molar-refractivity contribution >= 4 is 15.8 Å². The molecule has 0 amide bonds. The van der Waals surface area contributed by atoms with Crippen LogP contribution in [-0.2, 0) is 9.84 Å². The fraction of sp³-hybridized carbons (Fsp3) is 0.400. The van der Waals surface area contributed by atoms with Gasteiger partial charge in [-0.25, -0.2) is 18.4 Å². The fourth-order valence-electron chi connectivity index (χ4n) is 3.95. The van der Waals surface area contributed by atoms with Crippen LogP contribution in [0.3, 0.4) is 0 Å². The van der Waals surface area contributed by atoms with E-state index in [0.29, 0.717) is 17.4 Å². The van der Waals surface area contributed by atoms with Gasteiger partial charge in [0.1, 0.15) is 11.9 Å². The molecule has 0 radical (unpaired) electrons. The molecule has 1 aliphatic rings. The van der Waals surface area contributed by atoms with Crippen molar-refractivity contribution < 1.29 is 13.2 Å². The van der Waals surface area contributed by atoms with E-state index in [1.165, 1.54) is 22.8 Å². The molecule has 9 heteroatoms. The van der Waals surface area contributed by atoms with Crippen molar-refractivity contribution in [3.05, 3.63) is 70.9 Å². The van der Waals surface area contributed by atoms with Crippen LogP contribution in [0.2, 0.25) is 0 Å². The quantitative estimate of drug-likeness (QED) is 0.508. The molecule has 34 heavy (non-hydrogen) atoms. The summed E-state index contributed by atoms with van der Waals surface area (Å²) in [4.78, 5) is 24.1. The molecule has 1 saturated heterocycles. The van der Waals surface area contributed by atoms with Crippen LogP contribution in [-0.4, -0.2) is 48.4 Å². The predicted molar refractivity (Wildman–Crippen MR) is 132 cm³/mol. The van der Waals surface area contributed by atoms with Crippen LogP contribution >= 0.6 is 0 Å². The second-order valence-electron chi connectivity index (χ2n) is 8.77. The molecule has 0 spiro atoms. The smallest absolute Gasteiger partial charge is 0.258 e. The van der Waals surface area contributed by atoms with Crippen LogP contribution in [0.25, 0.3) is 5.69 Å². The average molecular weight is 483 g/mol. The highest BCUT2D eigenvalue weighted by molar-refractivity contribution is 7.90. The van der Waals surface area contributed by atoms with Crippen LogP contribution in [0.5, 0.6) is 5.75 Å². The zero-order valence-corrected chi connectivity index (χ0v) is 20.5. The normalized spacial score (nSPS) is 15.8. The van der Waals surface area contributed by atoms with Gasteiger partial charge in [0.2, 0.25) is 5.95 Å². The van der Waals surface area contributed by atoms with E-state index in [1.54, 1.807) is 24.4 Å². The maximum atomic E-state index is 12.6. The molecule has 1 fully saturated rings. The summed E-state index contributed by atoms with van der Waals surface area (Å²) < 4.78 is 30.8. The van der Waals surface area contributed by atoms with E-state index in [-0.39, 0.29) is 16.6 Å². The van der Waals surface area contributed by atoms with Crippen LogP contribution < -0.4 is 15.2 Å². The number of pyridine rings is 1. The number of rotatable bonds is 7. The summed E-state index contributed by atoms with van der Waals surface area (Å²) >= 11 is 0. The molecule has 0 aliphatic carbocycles. The van der Waals surface area contributed by atoms with E-state index in [9.17, 15) is 13.2 Å². The molecule has 1 aliphatic heterocycles. The third kappa shape index (κ3) is 5.47. The second kappa shape index (κ2) is 9.97. The van der Waals surface area contributed by atoms with Gasteiger partial charge in [-0.1, -0.05) is 13.8 Å². The van der Waals surface area contributed by atoms with Gasteiger partial charge in [-0.2, -0.15) is 0 Å². The Morgan fingerprint density at radius 3 is 2.29 bits per heavy atom. The Balaban J connectivity index is 1.36. The Morgan fingerprint density at radius 1 is 1.09 bits per heavy atom. The lowest BCUT2D eigenvalue weighted by molar-refractivity contribution is 0.170. The number of aromatic nitrogens is 3. The average Bonchev–Trinajstić information content (AvgIpc) is 2.84. The minimum Gasteiger partial charge on any atom is -0.490 e. The Hall–Kier alpha value is -3.20. The van der Waals surface area contributed by atoms with Gasteiger partial charge in [-0.05, 0) is 48.2 Å². The summed E-state index contributed by atoms with van der Waals surface area (Å²) in [5, 5.41) is 0. The molecule has 0 bridgehead atoms. The van der Waals surface area contributed by atoms with Crippen molar-refractivity contribution in [2.24, 2.45) is 0 Å². The van der Waals surface area contributed by atoms with Crippen LogP contribution in [0.4, 0.5) is 5.95 Å². The molecular weight excluding hydrogens is 452 g/mol. The lowest BCUT2D eigenvalue weighted by Gasteiger charge is -2.32. The zero-order valence-electron chi connectivity index (χ0n) is 19.7. The largest absolute Gasteiger partial charge is 0.490 e. The van der Waals surface area contributed by atoms with Gasteiger partial charge in [-0.3, -0.25) is 9.36 Å². The maximum absolute atomic E-state index is 12.6. The van der Waals surface area contributed by atoms with Crippen molar-refractivity contribution in [2.45, 2.75) is 50.0 Å². The van der Waals surface area contributed by atoms with Gasteiger partial charge < -0.3 is 9.64 Å². The standard InChI is InChI=1S/C25H30N4O4S/c1-4-18(2)19-16-26-25(27-17-19)28-12-9-21(10-13-28)33-22-11-14-29(24(30)15-22)20-5-7-23(8-6-20)34(3,31)32/h5-8,11,14-18,21H,4,9-10,12-13H2,1-3H3. The molecule has 3 heterocycles. The molecule has 0 N–H and O–H groups in total. The van der Waals surface area contributed by atoms with Crippen molar-refractivity contribution in [3.63, 3.8) is 0 Å². The van der Waals surface area contributed by atoms with Crippen LogP contribution in [0, 0.1) is 0 Å². The topological polar surface area (TPSA) is 94.4 Å². The third-order valence-electron chi connectivity index (χ3n) is 6.30. The Bertz CT molecular complexity index is 1280. The first-order valence-electron chi connectivity index (χ1n) is 11.5. The Morgan fingerprint density at radius 2 is 1.74 bits per heavy atom. The Kier molecular flexibility index (Phi) is 7.02. The Labute approximate surface area is 200 Å². The monoisotopic (exact) mass is 482 g/mol. The minimum absolute atomic E-state index is 0.0138. The number of sulfone groups is 1. The van der Waals surface area contributed by atoms with Crippen LogP contribution in [0.15, 0.2) is 64.7 Å². The van der Waals surface area contributed by atoms with Gasteiger partial charge in [0.25, 0.3) is 5.56 Å². The maximum Gasteiger partial charge on any atom is 0.258 e. The highest BCUT2D eigenvalue weighted by atomic mass is 32.2. The van der Waals surface area contributed by atoms with Crippen molar-refractivity contribution in [2.75, 3.05) is 24.2 Å². The number of nitrogens with zero attached hydrogens (tertiary/aromatic N) is 4. The predicted octanol–water partition coefficient (Wildman–Crippen LogP) is 3.59. The zero-order chi connectivity index (χ0) is 24.3. The number of benzene rings is 1. The molecule has 0 saturated carbocycles. The van der Waals surface area contributed by atoms with E-state index in [0.717, 1.165) is 50.1 Å². The summed E-state index contributed by atoms with van der Waals surface area (Å²) in [6.45, 7) is 5.91. The van der Waals surface area contributed by atoms with Gasteiger partial charge in [0.15, 0.2) is 9.84 Å². The van der Waals surface area contributed by atoms with Crippen molar-refractivity contribution in [3.8, 4) is 11.4 Å².